The number of aliphatic imine (C=N–C) groups is 1. The second kappa shape index (κ2) is 10.4. The molecule has 23 heavy (non-hydrogen) atoms. The summed E-state index contributed by atoms with van der Waals surface area (Å²) in [6, 6.07) is 6.51. The molecule has 1 aromatic rings. The van der Waals surface area contributed by atoms with E-state index < -0.39 is 28.9 Å². The van der Waals surface area contributed by atoms with Gasteiger partial charge < -0.3 is 5.11 Å². The van der Waals surface area contributed by atoms with E-state index in [-0.39, 0.29) is 0 Å². The Morgan fingerprint density at radius 1 is 1.17 bits per heavy atom. The van der Waals surface area contributed by atoms with Gasteiger partial charge in [-0.25, -0.2) is 0 Å². The van der Waals surface area contributed by atoms with Crippen molar-refractivity contribution >= 4 is 36.5 Å². The van der Waals surface area contributed by atoms with Gasteiger partial charge in [-0.3, -0.25) is 4.99 Å². The van der Waals surface area contributed by atoms with E-state index in [9.17, 15) is 5.11 Å². The van der Waals surface area contributed by atoms with Crippen molar-refractivity contribution in [1.82, 2.24) is 0 Å². The van der Waals surface area contributed by atoms with Gasteiger partial charge in [0.15, 0.2) is 0 Å². The van der Waals surface area contributed by atoms with Crippen molar-refractivity contribution in [2.75, 3.05) is 0 Å². The number of rotatable bonds is 3. The molecule has 0 aromatic heterocycles. The molecule has 128 valence electrons. The first-order valence-electron chi connectivity index (χ1n) is 8.11. The quantitative estimate of drug-likeness (QED) is 0.490. The van der Waals surface area contributed by atoms with Crippen LogP contribution in [0.15, 0.2) is 23.2 Å². The summed E-state index contributed by atoms with van der Waals surface area (Å²) in [4.78, 5) is 4.70. The van der Waals surface area contributed by atoms with E-state index in [0.717, 1.165) is 16.7 Å². The van der Waals surface area contributed by atoms with Crippen molar-refractivity contribution in [2.24, 2.45) is 10.9 Å². The van der Waals surface area contributed by atoms with Gasteiger partial charge in [-0.2, -0.15) is 0 Å². The summed E-state index contributed by atoms with van der Waals surface area (Å²) in [5.74, 6) is 1.30. The van der Waals surface area contributed by atoms with Crippen molar-refractivity contribution in [3.05, 3.63) is 23.8 Å². The summed E-state index contributed by atoms with van der Waals surface area (Å²) in [7, 11) is 8.37. The molecule has 0 spiro atoms. The summed E-state index contributed by atoms with van der Waals surface area (Å²) in [5, 5.41) is 11.6. The maximum atomic E-state index is 10.4. The fraction of sp³-hybridized carbons (Fsp3) is 0.588. The van der Waals surface area contributed by atoms with Crippen LogP contribution in [0.25, 0.3) is 0 Å². The van der Waals surface area contributed by atoms with E-state index in [0.29, 0.717) is 11.8 Å². The summed E-state index contributed by atoms with van der Waals surface area (Å²) in [5.41, 5.74) is 0.878. The molecule has 0 atom stereocenters. The molecule has 0 heterocycles. The molecular weight excluding hydrogens is 424 g/mol. The van der Waals surface area contributed by atoms with E-state index in [4.69, 9.17) is 22.0 Å². The molecule has 1 fully saturated rings. The van der Waals surface area contributed by atoms with Crippen LogP contribution in [0, 0.1) is 5.92 Å². The molecule has 0 aliphatic heterocycles. The van der Waals surface area contributed by atoms with E-state index in [1.165, 1.54) is 25.7 Å². The van der Waals surface area contributed by atoms with Gasteiger partial charge in [-0.15, -0.1) is 0 Å². The fourth-order valence-corrected chi connectivity index (χ4v) is 4.30. The summed E-state index contributed by atoms with van der Waals surface area (Å²) < 4.78 is 0. The Kier molecular flexibility index (Phi) is 9.66. The Labute approximate surface area is 160 Å². The van der Waals surface area contributed by atoms with Gasteiger partial charge in [0.2, 0.25) is 0 Å². The molecule has 2 nitrogen and oxygen atoms in total. The van der Waals surface area contributed by atoms with Gasteiger partial charge in [0, 0.05) is 17.8 Å². The Bertz CT molecular complexity index is 512. The Morgan fingerprint density at radius 3 is 2.26 bits per heavy atom. The number of para-hydroxylation sites is 1. The van der Waals surface area contributed by atoms with E-state index in [1.807, 2.05) is 18.3 Å². The molecule has 0 unspecified atom stereocenters. The molecule has 1 saturated carbocycles. The third-order valence-corrected chi connectivity index (χ3v) is 6.30. The van der Waals surface area contributed by atoms with Crippen molar-refractivity contribution in [1.29, 1.82) is 0 Å². The summed E-state index contributed by atoms with van der Waals surface area (Å²) in [6.45, 7) is 9.09. The molecule has 0 amide bonds. The molecule has 1 N–H and O–H groups in total. The first-order valence-corrected chi connectivity index (χ1v) is 17.9. The third kappa shape index (κ3) is 7.42. The zero-order valence-corrected chi connectivity index (χ0v) is 19.4. The molecule has 0 saturated heterocycles. The minimum atomic E-state index is -1.50. The van der Waals surface area contributed by atoms with Crippen molar-refractivity contribution in [3.8, 4) is 5.75 Å². The predicted octanol–water partition coefficient (Wildman–Crippen LogP) is 5.31. The Hall–Kier alpha value is 0.370. The maximum absolute atomic E-state index is 10.4. The number of phenolic OH excluding ortho intramolecular Hbond substituents is 1. The van der Waals surface area contributed by atoms with E-state index >= 15 is 0 Å². The van der Waals surface area contributed by atoms with Gasteiger partial charge in [0.1, 0.15) is 5.75 Å². The van der Waals surface area contributed by atoms with Gasteiger partial charge in [0.05, 0.1) is 8.07 Å². The van der Waals surface area contributed by atoms with Gasteiger partial charge >= 0.3 is 37.9 Å². The molecule has 1 aliphatic rings. The average Bonchev–Trinajstić information content (AvgIpc) is 2.47. The predicted molar refractivity (Wildman–Crippen MR) is 102 cm³/mol. The molecule has 1 aliphatic carbocycles. The average molecular weight is 452 g/mol. The van der Waals surface area contributed by atoms with Crippen molar-refractivity contribution < 1.29 is 26.0 Å². The summed E-state index contributed by atoms with van der Waals surface area (Å²) >= 11 is -0.826. The van der Waals surface area contributed by atoms with Crippen LogP contribution in [0.5, 0.6) is 5.75 Å². The second-order valence-electron chi connectivity index (χ2n) is 7.26. The van der Waals surface area contributed by atoms with Crippen LogP contribution < -0.4 is 5.19 Å². The van der Waals surface area contributed by atoms with E-state index in [2.05, 4.69) is 32.6 Å². The Morgan fingerprint density at radius 2 is 1.74 bits per heavy atom. The zero-order valence-electron chi connectivity index (χ0n) is 14.4. The van der Waals surface area contributed by atoms with E-state index in [1.54, 1.807) is 0 Å². The van der Waals surface area contributed by atoms with Crippen LogP contribution in [0.1, 0.15) is 38.2 Å². The van der Waals surface area contributed by atoms with Crippen LogP contribution >= 0.6 is 17.0 Å². The van der Waals surface area contributed by atoms with Crippen molar-refractivity contribution in [2.45, 2.75) is 58.3 Å². The number of aromatic hydroxyl groups is 1. The van der Waals surface area contributed by atoms with Crippen LogP contribution in [0.2, 0.25) is 19.6 Å². The number of hydrogen-bond acceptors (Lipinski definition) is 2. The van der Waals surface area contributed by atoms with Gasteiger partial charge in [-0.05, 0) is 42.9 Å². The third-order valence-electron chi connectivity index (χ3n) is 4.29. The van der Waals surface area contributed by atoms with Gasteiger partial charge in [0.25, 0.3) is 0 Å². The van der Waals surface area contributed by atoms with Crippen LogP contribution in [0.4, 0.5) is 0 Å². The molecule has 1 aromatic carbocycles. The number of phenols is 1. The molecule has 6 heteroatoms. The summed E-state index contributed by atoms with van der Waals surface area (Å²) in [6.07, 6.45) is 6.82. The van der Waals surface area contributed by atoms with Crippen molar-refractivity contribution in [3.63, 3.8) is 0 Å². The standard InChI is InChI=1S/C17H27NOSi.2ClH.Zr/c1-13-8-10-15(11-9-13)18-12-14-6-5-7-16(17(14)19)20(2,3)4;;;/h5-7,12-13,15,19H,8-11H2,1-4H3;2*1H;/q;;;+2/p-2. The monoisotopic (exact) mass is 449 g/mol. The number of nitrogens with zero attached hydrogens (tertiary/aromatic N) is 1. The number of benzene rings is 1. The normalized spacial score (nSPS) is 21.7. The number of hydrogen-bond donors (Lipinski definition) is 1. The van der Waals surface area contributed by atoms with Gasteiger partial charge in [-0.1, -0.05) is 38.7 Å². The minimum absolute atomic E-state index is 0.444. The topological polar surface area (TPSA) is 32.6 Å². The molecular formula is C17H27Cl2NOSiZr. The molecule has 2 rings (SSSR count). The first kappa shape index (κ1) is 21.4. The first-order chi connectivity index (χ1) is 10.8. The molecule has 0 radical (unpaired) electrons. The van der Waals surface area contributed by atoms with Crippen LogP contribution in [-0.4, -0.2) is 25.4 Å². The van der Waals surface area contributed by atoms with Crippen LogP contribution in [0.3, 0.4) is 0 Å². The number of halogens is 2. The fourth-order valence-electron chi connectivity index (χ4n) is 2.85. The molecule has 0 bridgehead atoms. The SMILES string of the molecule is CC1CCC(N=Cc2cccc([Si](C)(C)C)c2O)CC1.[Cl][Zr][Cl]. The zero-order chi connectivity index (χ0) is 17.5. The Balaban J connectivity index is 0.000000816. The van der Waals surface area contributed by atoms with Crippen LogP contribution in [-0.2, 0) is 20.8 Å². The second-order valence-corrected chi connectivity index (χ2v) is 16.0.